The molecule has 0 saturated carbocycles. The first-order chi connectivity index (χ1) is 8.49. The summed E-state index contributed by atoms with van der Waals surface area (Å²) in [6, 6.07) is 5.60. The summed E-state index contributed by atoms with van der Waals surface area (Å²) in [5.41, 5.74) is 0.681. The average molecular weight is 248 g/mol. The average Bonchev–Trinajstić information content (AvgIpc) is 2.71. The maximum absolute atomic E-state index is 10.7. The van der Waals surface area contributed by atoms with Crippen molar-refractivity contribution in [3.8, 4) is 5.69 Å². The first-order valence-corrected chi connectivity index (χ1v) is 4.94. The van der Waals surface area contributed by atoms with Crippen LogP contribution < -0.4 is 0 Å². The van der Waals surface area contributed by atoms with Crippen LogP contribution >= 0.6 is 0 Å². The van der Waals surface area contributed by atoms with Gasteiger partial charge in [-0.1, -0.05) is 0 Å². The molecule has 0 aliphatic carbocycles. The second kappa shape index (κ2) is 4.24. The Balaban J connectivity index is 2.40. The van der Waals surface area contributed by atoms with E-state index in [1.165, 1.54) is 42.1 Å². The van der Waals surface area contributed by atoms with Crippen LogP contribution in [0.5, 0.6) is 0 Å². The molecule has 0 amide bonds. The van der Waals surface area contributed by atoms with Crippen LogP contribution in [0.2, 0.25) is 0 Å². The number of benzene rings is 1. The first-order valence-electron chi connectivity index (χ1n) is 4.94. The van der Waals surface area contributed by atoms with Crippen LogP contribution in [0.15, 0.2) is 30.5 Å². The summed E-state index contributed by atoms with van der Waals surface area (Å²) in [4.78, 5) is 20.1. The molecule has 0 fully saturated rings. The van der Waals surface area contributed by atoms with E-state index in [9.17, 15) is 20.2 Å². The van der Waals surface area contributed by atoms with E-state index in [0.29, 0.717) is 11.4 Å². The van der Waals surface area contributed by atoms with Crippen molar-refractivity contribution in [2.45, 2.75) is 6.92 Å². The molecule has 0 N–H and O–H groups in total. The molecular weight excluding hydrogens is 240 g/mol. The molecule has 0 aliphatic heterocycles. The third-order valence-corrected chi connectivity index (χ3v) is 2.39. The number of nitrogens with zero attached hydrogens (tertiary/aromatic N) is 4. The highest BCUT2D eigenvalue weighted by Gasteiger charge is 2.16. The quantitative estimate of drug-likeness (QED) is 0.610. The number of nitro benzene ring substituents is 1. The molecule has 0 spiro atoms. The largest absolute Gasteiger partial charge is 0.310 e. The van der Waals surface area contributed by atoms with E-state index in [2.05, 4.69) is 5.10 Å². The lowest BCUT2D eigenvalue weighted by Gasteiger charge is -1.99. The second-order valence-electron chi connectivity index (χ2n) is 3.57. The fourth-order valence-electron chi connectivity index (χ4n) is 1.49. The number of hydrogen-bond donors (Lipinski definition) is 0. The fraction of sp³-hybridized carbons (Fsp3) is 0.100. The fourth-order valence-corrected chi connectivity index (χ4v) is 1.49. The van der Waals surface area contributed by atoms with Gasteiger partial charge in [0.05, 0.1) is 15.5 Å². The normalized spacial score (nSPS) is 10.3. The van der Waals surface area contributed by atoms with Crippen molar-refractivity contribution in [1.29, 1.82) is 0 Å². The summed E-state index contributed by atoms with van der Waals surface area (Å²) in [6.07, 6.45) is 1.27. The molecule has 0 atom stereocenters. The van der Waals surface area contributed by atoms with E-state index in [1.54, 1.807) is 0 Å². The molecule has 1 aromatic carbocycles. The third-order valence-electron chi connectivity index (χ3n) is 2.39. The number of hydrogen-bond acceptors (Lipinski definition) is 5. The summed E-state index contributed by atoms with van der Waals surface area (Å²) in [5.74, 6) is 0. The van der Waals surface area contributed by atoms with Crippen molar-refractivity contribution in [2.75, 3.05) is 0 Å². The highest BCUT2D eigenvalue weighted by atomic mass is 16.6. The van der Waals surface area contributed by atoms with Crippen LogP contribution in [0.3, 0.4) is 0 Å². The molecule has 0 unspecified atom stereocenters. The highest BCUT2D eigenvalue weighted by molar-refractivity contribution is 5.43. The van der Waals surface area contributed by atoms with Gasteiger partial charge in [0.15, 0.2) is 0 Å². The lowest BCUT2D eigenvalue weighted by molar-refractivity contribution is -0.385. The van der Waals surface area contributed by atoms with E-state index in [0.717, 1.165) is 0 Å². The van der Waals surface area contributed by atoms with Crippen LogP contribution in [0.4, 0.5) is 11.4 Å². The topological polar surface area (TPSA) is 104 Å². The van der Waals surface area contributed by atoms with Gasteiger partial charge < -0.3 is 0 Å². The summed E-state index contributed by atoms with van der Waals surface area (Å²) in [7, 11) is 0. The zero-order valence-corrected chi connectivity index (χ0v) is 9.31. The lowest BCUT2D eigenvalue weighted by atomic mass is 10.3. The van der Waals surface area contributed by atoms with Gasteiger partial charge in [-0.2, -0.15) is 5.10 Å². The molecular formula is C10H8N4O4. The smallest absolute Gasteiger partial charge is 0.258 e. The van der Waals surface area contributed by atoms with Crippen LogP contribution in [0.1, 0.15) is 5.69 Å². The monoisotopic (exact) mass is 248 g/mol. The van der Waals surface area contributed by atoms with Gasteiger partial charge in [0.25, 0.3) is 5.69 Å². The zero-order chi connectivity index (χ0) is 13.3. The van der Waals surface area contributed by atoms with Gasteiger partial charge >= 0.3 is 5.69 Å². The van der Waals surface area contributed by atoms with Gasteiger partial charge in [-0.15, -0.1) is 0 Å². The van der Waals surface area contributed by atoms with E-state index in [-0.39, 0.29) is 11.4 Å². The summed E-state index contributed by atoms with van der Waals surface area (Å²) in [6.45, 7) is 1.53. The molecule has 92 valence electrons. The molecule has 0 radical (unpaired) electrons. The molecule has 0 aliphatic rings. The molecule has 8 heteroatoms. The molecule has 2 aromatic rings. The molecule has 0 bridgehead atoms. The minimum Gasteiger partial charge on any atom is -0.258 e. The Bertz CT molecular complexity index is 617. The third kappa shape index (κ3) is 2.03. The Labute approximate surface area is 101 Å². The van der Waals surface area contributed by atoms with Crippen LogP contribution in [0, 0.1) is 27.2 Å². The van der Waals surface area contributed by atoms with Crippen molar-refractivity contribution in [2.24, 2.45) is 0 Å². The summed E-state index contributed by atoms with van der Waals surface area (Å²) < 4.78 is 1.32. The number of nitro groups is 2. The van der Waals surface area contributed by atoms with Crippen molar-refractivity contribution >= 4 is 11.4 Å². The molecule has 0 saturated heterocycles. The Morgan fingerprint density at radius 1 is 1.11 bits per heavy atom. The van der Waals surface area contributed by atoms with E-state index in [1.807, 2.05) is 0 Å². The van der Waals surface area contributed by atoms with Crippen LogP contribution in [-0.2, 0) is 0 Å². The Morgan fingerprint density at radius 3 is 2.17 bits per heavy atom. The Kier molecular flexibility index (Phi) is 2.76. The van der Waals surface area contributed by atoms with Crippen molar-refractivity contribution in [3.63, 3.8) is 0 Å². The maximum atomic E-state index is 10.7. The molecule has 18 heavy (non-hydrogen) atoms. The van der Waals surface area contributed by atoms with Gasteiger partial charge in [0.2, 0.25) is 0 Å². The Hall–Kier alpha value is -2.77. The number of non-ortho nitro benzene ring substituents is 1. The lowest BCUT2D eigenvalue weighted by Crippen LogP contribution is -1.95. The van der Waals surface area contributed by atoms with Gasteiger partial charge in [-0.3, -0.25) is 20.2 Å². The predicted octanol–water partition coefficient (Wildman–Crippen LogP) is 2.00. The highest BCUT2D eigenvalue weighted by Crippen LogP contribution is 2.20. The molecule has 2 rings (SSSR count). The van der Waals surface area contributed by atoms with E-state index < -0.39 is 9.85 Å². The Morgan fingerprint density at radius 2 is 1.72 bits per heavy atom. The van der Waals surface area contributed by atoms with Crippen molar-refractivity contribution < 1.29 is 9.85 Å². The second-order valence-corrected chi connectivity index (χ2v) is 3.57. The van der Waals surface area contributed by atoms with Gasteiger partial charge in [0, 0.05) is 12.1 Å². The number of rotatable bonds is 3. The minimum atomic E-state index is -0.524. The zero-order valence-electron chi connectivity index (χ0n) is 9.31. The van der Waals surface area contributed by atoms with Gasteiger partial charge in [-0.05, 0) is 19.1 Å². The molecule has 1 aromatic heterocycles. The minimum absolute atomic E-state index is 0.0443. The van der Waals surface area contributed by atoms with Crippen LogP contribution in [-0.4, -0.2) is 19.6 Å². The van der Waals surface area contributed by atoms with Crippen molar-refractivity contribution in [1.82, 2.24) is 9.78 Å². The molecule has 1 heterocycles. The standard InChI is InChI=1S/C10H8N4O4/c1-7-10(14(17)18)6-12(11-7)8-2-4-9(5-3-8)13(15)16/h2-6H,1H3. The van der Waals surface area contributed by atoms with Gasteiger partial charge in [-0.25, -0.2) is 4.68 Å². The maximum Gasteiger partial charge on any atom is 0.310 e. The number of aromatic nitrogens is 2. The summed E-state index contributed by atoms with van der Waals surface area (Å²) in [5, 5.41) is 25.1. The number of aryl methyl sites for hydroxylation is 1. The SMILES string of the molecule is Cc1nn(-c2ccc([N+](=O)[O-])cc2)cc1[N+](=O)[O-]. The van der Waals surface area contributed by atoms with Crippen molar-refractivity contribution in [3.05, 3.63) is 56.4 Å². The van der Waals surface area contributed by atoms with E-state index in [4.69, 9.17) is 0 Å². The summed E-state index contributed by atoms with van der Waals surface area (Å²) >= 11 is 0. The predicted molar refractivity (Wildman–Crippen MR) is 61.6 cm³/mol. The van der Waals surface area contributed by atoms with Crippen LogP contribution in [0.25, 0.3) is 5.69 Å². The van der Waals surface area contributed by atoms with Gasteiger partial charge in [0.1, 0.15) is 11.9 Å². The molecule has 8 nitrogen and oxygen atoms in total. The van der Waals surface area contributed by atoms with E-state index >= 15 is 0 Å². The first kappa shape index (κ1) is 11.7.